The number of hydrogen-bond donors (Lipinski definition) is 14. The smallest absolute Gasteiger partial charge is 0.296 e. The van der Waals surface area contributed by atoms with Crippen LogP contribution in [0.3, 0.4) is 0 Å². The van der Waals surface area contributed by atoms with E-state index in [2.05, 4.69) is 71.6 Å². The van der Waals surface area contributed by atoms with Crippen molar-refractivity contribution in [2.75, 3.05) is 45.8 Å². The summed E-state index contributed by atoms with van der Waals surface area (Å²) in [4.78, 5) is 19.6. The molecule has 0 saturated heterocycles. The second kappa shape index (κ2) is 22.7. The number of halogens is 2. The third-order valence-electron chi connectivity index (χ3n) is 10.7. The number of benzene rings is 6. The highest BCUT2D eigenvalue weighted by atomic mass is 35.5. The quantitative estimate of drug-likeness (QED) is 0.0129. The minimum absolute atomic E-state index is 0.00869. The number of rotatable bonds is 19. The number of hydrogen-bond acceptors (Lipinski definition) is 30. The largest absolute Gasteiger partial charge is 0.507 e. The predicted octanol–water partition coefficient (Wildman–Crippen LogP) is 6.89. The van der Waals surface area contributed by atoms with Crippen molar-refractivity contribution < 1.29 is 79.6 Å². The summed E-state index contributed by atoms with van der Waals surface area (Å²) in [6, 6.07) is 11.3. The minimum atomic E-state index is -5.18. The Morgan fingerprint density at radius 3 is 1.26 bits per heavy atom. The molecule has 8 aromatic rings. The number of fused-ring (bicyclic) bond motifs is 2. The monoisotopic (exact) mass is 1290 g/mol. The first-order valence-corrected chi connectivity index (χ1v) is 30.2. The molecule has 34 nitrogen and oxygen atoms in total. The van der Waals surface area contributed by atoms with Crippen LogP contribution >= 0.6 is 35.2 Å². The number of azo groups is 2. The zero-order valence-corrected chi connectivity index (χ0v) is 46.2. The first kappa shape index (κ1) is 60.0. The van der Waals surface area contributed by atoms with Crippen molar-refractivity contribution in [2.24, 2.45) is 20.5 Å². The summed E-state index contributed by atoms with van der Waals surface area (Å²) in [5, 5.41) is 45.8. The molecule has 0 unspecified atom stereocenters. The van der Waals surface area contributed by atoms with E-state index in [4.69, 9.17) is 34.7 Å². The van der Waals surface area contributed by atoms with Crippen LogP contribution in [0.15, 0.2) is 123 Å². The van der Waals surface area contributed by atoms with Crippen molar-refractivity contribution in [3.05, 3.63) is 83.4 Å². The number of nitrogens with two attached hydrogens (primary N) is 2. The summed E-state index contributed by atoms with van der Waals surface area (Å²) in [5.41, 5.74) is 7.84. The molecule has 0 aliphatic heterocycles. The second-order valence-electron chi connectivity index (χ2n) is 16.2. The van der Waals surface area contributed by atoms with E-state index in [-0.39, 0.29) is 86.5 Å². The van der Waals surface area contributed by atoms with Crippen LogP contribution < -0.4 is 32.7 Å². The Morgan fingerprint density at radius 2 is 0.866 bits per heavy atom. The van der Waals surface area contributed by atoms with E-state index in [1.807, 2.05) is 0 Å². The lowest BCUT2D eigenvalue weighted by molar-refractivity contribution is 0.471. The zero-order valence-electron chi connectivity index (χ0n) is 39.8. The molecule has 0 aliphatic rings. The summed E-state index contributed by atoms with van der Waals surface area (Å²) in [5.74, 6) is -2.33. The van der Waals surface area contributed by atoms with Crippen LogP contribution in [0.1, 0.15) is 0 Å². The number of aromatic nitrogens is 6. The van der Waals surface area contributed by atoms with E-state index < -0.39 is 131 Å². The molecule has 0 fully saturated rings. The lowest BCUT2D eigenvalue weighted by atomic mass is 10.1. The van der Waals surface area contributed by atoms with Gasteiger partial charge in [0.25, 0.3) is 50.6 Å². The van der Waals surface area contributed by atoms with Crippen molar-refractivity contribution >= 4 is 177 Å². The van der Waals surface area contributed by atoms with Gasteiger partial charge in [-0.05, 0) is 101 Å². The van der Waals surface area contributed by atoms with Gasteiger partial charge in [0.05, 0.1) is 27.0 Å². The topological polar surface area (TPSA) is 559 Å². The van der Waals surface area contributed by atoms with Crippen LogP contribution in [0.5, 0.6) is 11.5 Å². The Hall–Kier alpha value is -8.10. The Balaban J connectivity index is 0.965. The molecule has 8 rings (SSSR count). The van der Waals surface area contributed by atoms with E-state index in [1.165, 1.54) is 18.2 Å². The number of aromatic hydroxyl groups is 2. The van der Waals surface area contributed by atoms with Crippen molar-refractivity contribution in [1.29, 1.82) is 0 Å². The summed E-state index contributed by atoms with van der Waals surface area (Å²) in [7, 11) is -25.4. The van der Waals surface area contributed by atoms with E-state index >= 15 is 0 Å². The molecule has 0 radical (unpaired) electrons. The minimum Gasteiger partial charge on any atom is -0.507 e. The maximum atomic E-state index is 12.6. The average Bonchev–Trinajstić information content (AvgIpc) is 2.78. The Morgan fingerprint density at radius 1 is 0.476 bits per heavy atom. The molecule has 2 aromatic heterocycles. The highest BCUT2D eigenvalue weighted by Gasteiger charge is 2.27. The van der Waals surface area contributed by atoms with Gasteiger partial charge in [0.2, 0.25) is 34.4 Å². The summed E-state index contributed by atoms with van der Waals surface area (Å²) < 4.78 is 182. The van der Waals surface area contributed by atoms with Crippen LogP contribution in [0.25, 0.3) is 21.5 Å². The number of nitrogen functional groups attached to an aromatic ring is 2. The van der Waals surface area contributed by atoms with E-state index in [1.54, 1.807) is 0 Å². The van der Waals surface area contributed by atoms with Gasteiger partial charge >= 0.3 is 0 Å². The summed E-state index contributed by atoms with van der Waals surface area (Å²) >= 11 is 12.5. The first-order valence-electron chi connectivity index (χ1n) is 21.5. The molecule has 0 bridgehead atoms. The SMILES string of the molecule is Nc1c(S(=O)(=O)O)cc2cc(SO)cc(O)c2c1/N=N/c1ccc(Nc2nc(Cl)nc(NCCNc3nc(Cl)nc(Nc4ccc(/N=N/c5c(N)c(S(=O)(=O)O)cc6cc(S(=O)(=O)O)cc(O)c56)c(S(=O)(=O)O)c4)n3)n2)cc1S(=O)(=O)O. The number of nitrogens with zero attached hydrogens (tertiary/aromatic N) is 10. The average molecular weight is 1290 g/mol. The van der Waals surface area contributed by atoms with Gasteiger partial charge in [-0.25, -0.2) is 0 Å². The van der Waals surface area contributed by atoms with E-state index in [0.29, 0.717) is 18.2 Å². The number of nitrogens with one attached hydrogen (secondary N) is 4. The zero-order chi connectivity index (χ0) is 60.0. The number of phenolic OH excluding ortho intramolecular Hbond substituents is 2. The van der Waals surface area contributed by atoms with Crippen molar-refractivity contribution in [1.82, 2.24) is 29.9 Å². The van der Waals surface area contributed by atoms with Crippen LogP contribution in [-0.4, -0.2) is 123 Å². The highest BCUT2D eigenvalue weighted by molar-refractivity contribution is 7.93. The molecule has 82 heavy (non-hydrogen) atoms. The molecule has 6 aromatic carbocycles. The van der Waals surface area contributed by atoms with Gasteiger partial charge in [-0.1, -0.05) is 0 Å². The van der Waals surface area contributed by atoms with Gasteiger partial charge in [0.1, 0.15) is 53.8 Å². The molecule has 0 saturated carbocycles. The molecule has 0 aliphatic carbocycles. The molecule has 42 heteroatoms. The van der Waals surface area contributed by atoms with E-state index in [0.717, 1.165) is 36.4 Å². The Labute approximate surface area is 473 Å². The second-order valence-corrected chi connectivity index (χ2v) is 24.5. The van der Waals surface area contributed by atoms with Gasteiger partial charge in [-0.15, -0.1) is 20.5 Å². The fourth-order valence-corrected chi connectivity index (χ4v) is 11.1. The van der Waals surface area contributed by atoms with Crippen LogP contribution in [0, 0.1) is 0 Å². The number of anilines is 8. The molecule has 2 heterocycles. The summed E-state index contributed by atoms with van der Waals surface area (Å²) in [6.45, 7) is -0.0201. The fraction of sp³-hybridized carbons (Fsp3) is 0.0500. The molecule has 0 spiro atoms. The molecular formula is C40H32Cl2N16O18S6. The third-order valence-corrected chi connectivity index (χ3v) is 15.9. The maximum Gasteiger partial charge on any atom is 0.296 e. The third kappa shape index (κ3) is 13.6. The fourth-order valence-electron chi connectivity index (χ4n) is 7.31. The van der Waals surface area contributed by atoms with Gasteiger partial charge in [0.15, 0.2) is 0 Å². The van der Waals surface area contributed by atoms with Gasteiger partial charge in [-0.2, -0.15) is 72.0 Å². The normalized spacial score (nSPS) is 12.6. The molecular weight excluding hydrogens is 1260 g/mol. The lowest BCUT2D eigenvalue weighted by Crippen LogP contribution is -2.17. The molecule has 0 amide bonds. The number of phenols is 2. The van der Waals surface area contributed by atoms with Crippen LogP contribution in [0.4, 0.5) is 69.3 Å². The standard InChI is InChI=1S/C40H32Cl2N16O18S6/c41-35-49-37(53-39(51-35)47-17-1-3-21(25(11-17)79(65,66)67)55-57-33-29-15(7-19(77-61)13-23(29)59)9-27(31(33)43)81(71,72)73)45-5-6-46-38-50-36(42)52-40(54-38)48-18-2-4-22(26(12-18)80(68,69)70)56-58-34-30-16(10-28(32(34)44)82(74,75)76)8-20(14-24(30)60)78(62,63)64/h1-4,7-14,59-61H,5-6,43-44H2,(H,62,63,64)(H,65,66,67)(H,68,69,70)(H,71,72,73)(H,74,75,76)(H2,45,47,49,51,53)(H2,46,48,50,52,54)/b57-55+,58-56+. The van der Waals surface area contributed by atoms with E-state index in [9.17, 15) is 79.6 Å². The molecule has 16 N–H and O–H groups in total. The van der Waals surface area contributed by atoms with Gasteiger partial charge < -0.3 is 47.5 Å². The van der Waals surface area contributed by atoms with Gasteiger partial charge in [-0.3, -0.25) is 22.8 Å². The van der Waals surface area contributed by atoms with Crippen molar-refractivity contribution in [2.45, 2.75) is 29.4 Å². The van der Waals surface area contributed by atoms with Gasteiger partial charge in [0, 0.05) is 47.5 Å². The Kier molecular flexibility index (Phi) is 16.6. The highest BCUT2D eigenvalue weighted by Crippen LogP contribution is 2.46. The Bertz CT molecular complexity index is 4650. The van der Waals surface area contributed by atoms with Crippen molar-refractivity contribution in [3.63, 3.8) is 0 Å². The lowest BCUT2D eigenvalue weighted by Gasteiger charge is -2.13. The summed E-state index contributed by atoms with van der Waals surface area (Å²) in [6.07, 6.45) is 0. The van der Waals surface area contributed by atoms with Crippen molar-refractivity contribution in [3.8, 4) is 11.5 Å². The molecule has 430 valence electrons. The predicted molar refractivity (Wildman–Crippen MR) is 292 cm³/mol. The maximum absolute atomic E-state index is 12.6. The van der Waals surface area contributed by atoms with Crippen LogP contribution in [-0.2, 0) is 50.6 Å². The molecule has 0 atom stereocenters. The van der Waals surface area contributed by atoms with Crippen LogP contribution in [0.2, 0.25) is 10.6 Å². The first-order chi connectivity index (χ1) is 38.2.